The van der Waals surface area contributed by atoms with Crippen molar-refractivity contribution >= 4 is 28.2 Å². The largest absolute Gasteiger partial charge is 0.380 e. The van der Waals surface area contributed by atoms with Gasteiger partial charge in [0.25, 0.3) is 0 Å². The number of aromatic nitrogens is 1. The molecular formula is C17H21ClN2. The van der Waals surface area contributed by atoms with E-state index in [1.54, 1.807) is 0 Å². The SMILES string of the molecule is CC1CCCC(Nc2ccc(Cl)c3cccnc23)C1C. The molecule has 1 aliphatic carbocycles. The lowest BCUT2D eigenvalue weighted by Gasteiger charge is -2.35. The number of nitrogens with one attached hydrogen (secondary N) is 1. The Morgan fingerprint density at radius 3 is 2.90 bits per heavy atom. The van der Waals surface area contributed by atoms with Crippen molar-refractivity contribution in [3.8, 4) is 0 Å². The molecule has 20 heavy (non-hydrogen) atoms. The molecule has 2 aromatic rings. The van der Waals surface area contributed by atoms with Crippen molar-refractivity contribution in [3.63, 3.8) is 0 Å². The van der Waals surface area contributed by atoms with Gasteiger partial charge in [-0.3, -0.25) is 4.98 Å². The predicted molar refractivity (Wildman–Crippen MR) is 86.3 cm³/mol. The van der Waals surface area contributed by atoms with Gasteiger partial charge in [0.15, 0.2) is 0 Å². The monoisotopic (exact) mass is 288 g/mol. The van der Waals surface area contributed by atoms with Crippen LogP contribution in [0.4, 0.5) is 5.69 Å². The summed E-state index contributed by atoms with van der Waals surface area (Å²) in [5, 5.41) is 5.50. The maximum Gasteiger partial charge on any atom is 0.0948 e. The highest BCUT2D eigenvalue weighted by molar-refractivity contribution is 6.35. The van der Waals surface area contributed by atoms with Gasteiger partial charge in [-0.1, -0.05) is 38.3 Å². The van der Waals surface area contributed by atoms with Gasteiger partial charge in [-0.25, -0.2) is 0 Å². The molecule has 0 bridgehead atoms. The lowest BCUT2D eigenvalue weighted by molar-refractivity contribution is 0.253. The summed E-state index contributed by atoms with van der Waals surface area (Å²) in [5.41, 5.74) is 2.08. The van der Waals surface area contributed by atoms with Crippen molar-refractivity contribution in [1.82, 2.24) is 4.98 Å². The number of rotatable bonds is 2. The van der Waals surface area contributed by atoms with Crippen LogP contribution in [0.25, 0.3) is 10.9 Å². The first-order chi connectivity index (χ1) is 9.66. The number of pyridine rings is 1. The van der Waals surface area contributed by atoms with Crippen LogP contribution in [0.3, 0.4) is 0 Å². The summed E-state index contributed by atoms with van der Waals surface area (Å²) >= 11 is 6.26. The lowest BCUT2D eigenvalue weighted by atomic mass is 9.78. The predicted octanol–water partition coefficient (Wildman–Crippen LogP) is 5.12. The van der Waals surface area contributed by atoms with E-state index in [-0.39, 0.29) is 0 Å². The van der Waals surface area contributed by atoms with Crippen LogP contribution in [0.1, 0.15) is 33.1 Å². The molecule has 3 heteroatoms. The Bertz CT molecular complexity index is 611. The van der Waals surface area contributed by atoms with Crippen LogP contribution in [-0.4, -0.2) is 11.0 Å². The minimum Gasteiger partial charge on any atom is -0.380 e. The second-order valence-corrected chi connectivity index (χ2v) is 6.42. The average molecular weight is 289 g/mol. The first-order valence-corrected chi connectivity index (χ1v) is 7.84. The van der Waals surface area contributed by atoms with Crippen LogP contribution in [0.15, 0.2) is 30.5 Å². The van der Waals surface area contributed by atoms with E-state index in [4.69, 9.17) is 11.6 Å². The number of fused-ring (bicyclic) bond motifs is 1. The zero-order valence-corrected chi connectivity index (χ0v) is 12.8. The van der Waals surface area contributed by atoms with Crippen molar-refractivity contribution in [2.45, 2.75) is 39.2 Å². The third-order valence-corrected chi connectivity index (χ3v) is 5.09. The van der Waals surface area contributed by atoms with Crippen LogP contribution in [0, 0.1) is 11.8 Å². The normalized spacial score (nSPS) is 26.6. The molecule has 3 unspecified atom stereocenters. The van der Waals surface area contributed by atoms with Crippen molar-refractivity contribution in [3.05, 3.63) is 35.5 Å². The summed E-state index contributed by atoms with van der Waals surface area (Å²) in [5.74, 6) is 1.48. The van der Waals surface area contributed by atoms with Gasteiger partial charge in [0.2, 0.25) is 0 Å². The van der Waals surface area contributed by atoms with E-state index >= 15 is 0 Å². The first-order valence-electron chi connectivity index (χ1n) is 7.46. The maximum absolute atomic E-state index is 6.26. The quantitative estimate of drug-likeness (QED) is 0.829. The zero-order valence-electron chi connectivity index (χ0n) is 12.1. The molecular weight excluding hydrogens is 268 g/mol. The molecule has 1 saturated carbocycles. The average Bonchev–Trinajstić information content (AvgIpc) is 2.47. The summed E-state index contributed by atoms with van der Waals surface area (Å²) in [6, 6.07) is 8.52. The second kappa shape index (κ2) is 5.61. The van der Waals surface area contributed by atoms with E-state index in [0.29, 0.717) is 12.0 Å². The van der Waals surface area contributed by atoms with Crippen LogP contribution in [0.5, 0.6) is 0 Å². The Labute approximate surface area is 125 Å². The zero-order chi connectivity index (χ0) is 14.1. The summed E-state index contributed by atoms with van der Waals surface area (Å²) in [6.07, 6.45) is 5.72. The summed E-state index contributed by atoms with van der Waals surface area (Å²) < 4.78 is 0. The molecule has 3 rings (SSSR count). The highest BCUT2D eigenvalue weighted by Crippen LogP contribution is 2.34. The lowest BCUT2D eigenvalue weighted by Crippen LogP contribution is -2.35. The van der Waals surface area contributed by atoms with Crippen LogP contribution in [-0.2, 0) is 0 Å². The molecule has 1 aromatic carbocycles. The van der Waals surface area contributed by atoms with Crippen molar-refractivity contribution in [2.75, 3.05) is 5.32 Å². The van der Waals surface area contributed by atoms with Crippen LogP contribution < -0.4 is 5.32 Å². The summed E-state index contributed by atoms with van der Waals surface area (Å²) in [6.45, 7) is 4.71. The number of nitrogens with zero attached hydrogens (tertiary/aromatic N) is 1. The van der Waals surface area contributed by atoms with Crippen molar-refractivity contribution < 1.29 is 0 Å². The van der Waals surface area contributed by atoms with Gasteiger partial charge in [0, 0.05) is 17.6 Å². The summed E-state index contributed by atoms with van der Waals surface area (Å²) in [4.78, 5) is 4.50. The van der Waals surface area contributed by atoms with Gasteiger partial charge in [-0.05, 0) is 42.5 Å². The number of anilines is 1. The Morgan fingerprint density at radius 2 is 2.05 bits per heavy atom. The molecule has 1 fully saturated rings. The van der Waals surface area contributed by atoms with Crippen molar-refractivity contribution in [2.24, 2.45) is 11.8 Å². The minimum atomic E-state index is 0.533. The fourth-order valence-corrected chi connectivity index (χ4v) is 3.46. The van der Waals surface area contributed by atoms with Crippen molar-refractivity contribution in [1.29, 1.82) is 0 Å². The van der Waals surface area contributed by atoms with Gasteiger partial charge >= 0.3 is 0 Å². The molecule has 0 amide bonds. The molecule has 0 spiro atoms. The highest BCUT2D eigenvalue weighted by atomic mass is 35.5. The van der Waals surface area contributed by atoms with E-state index in [9.17, 15) is 0 Å². The molecule has 106 valence electrons. The molecule has 1 heterocycles. The Morgan fingerprint density at radius 1 is 1.20 bits per heavy atom. The van der Waals surface area contributed by atoms with E-state index in [1.165, 1.54) is 19.3 Å². The third-order valence-electron chi connectivity index (χ3n) is 4.76. The maximum atomic E-state index is 6.26. The molecule has 2 nitrogen and oxygen atoms in total. The number of halogens is 1. The first kappa shape index (κ1) is 13.7. The van der Waals surface area contributed by atoms with Gasteiger partial charge in [-0.2, -0.15) is 0 Å². The van der Waals surface area contributed by atoms with E-state index in [0.717, 1.165) is 27.5 Å². The molecule has 1 aliphatic rings. The Kier molecular flexibility index (Phi) is 3.84. The van der Waals surface area contributed by atoms with Crippen LogP contribution in [0.2, 0.25) is 5.02 Å². The smallest absolute Gasteiger partial charge is 0.0948 e. The fourth-order valence-electron chi connectivity index (χ4n) is 3.24. The Balaban J connectivity index is 1.93. The molecule has 0 radical (unpaired) electrons. The number of hydrogen-bond acceptors (Lipinski definition) is 2. The second-order valence-electron chi connectivity index (χ2n) is 6.01. The van der Waals surface area contributed by atoms with Gasteiger partial charge < -0.3 is 5.32 Å². The minimum absolute atomic E-state index is 0.533. The molecule has 1 N–H and O–H groups in total. The van der Waals surface area contributed by atoms with E-state index in [2.05, 4.69) is 30.2 Å². The molecule has 3 atom stereocenters. The summed E-state index contributed by atoms with van der Waals surface area (Å²) in [7, 11) is 0. The fraction of sp³-hybridized carbons (Fsp3) is 0.471. The standard InChI is InChI=1S/C17H21ClN2/c1-11-5-3-7-15(12(11)2)20-16-9-8-14(18)13-6-4-10-19-17(13)16/h4,6,8-12,15,20H,3,5,7H2,1-2H3. The third kappa shape index (κ3) is 2.49. The molecule has 0 saturated heterocycles. The number of hydrogen-bond donors (Lipinski definition) is 1. The number of benzene rings is 1. The van der Waals surface area contributed by atoms with Gasteiger partial charge in [0.1, 0.15) is 0 Å². The Hall–Kier alpha value is -1.28. The van der Waals surface area contributed by atoms with Crippen LogP contribution >= 0.6 is 11.6 Å². The molecule has 1 aromatic heterocycles. The van der Waals surface area contributed by atoms with Gasteiger partial charge in [0.05, 0.1) is 16.2 Å². The van der Waals surface area contributed by atoms with Gasteiger partial charge in [-0.15, -0.1) is 0 Å². The molecule has 0 aliphatic heterocycles. The van der Waals surface area contributed by atoms with E-state index < -0.39 is 0 Å². The topological polar surface area (TPSA) is 24.9 Å². The van der Waals surface area contributed by atoms with E-state index in [1.807, 2.05) is 24.4 Å². The highest BCUT2D eigenvalue weighted by Gasteiger charge is 2.27.